The molecule has 5 atom stereocenters. The maximum atomic E-state index is 14.1. The maximum Gasteiger partial charge on any atom is 0.405 e. The highest BCUT2D eigenvalue weighted by molar-refractivity contribution is 5.91. The second-order valence-corrected chi connectivity index (χ2v) is 14.9. The number of carbonyl (C=O) groups is 4. The number of benzene rings is 1. The molecule has 1 aliphatic rings. The fourth-order valence-electron chi connectivity index (χ4n) is 6.40. The van der Waals surface area contributed by atoms with Crippen molar-refractivity contribution >= 4 is 23.9 Å². The number of hydrogen-bond acceptors (Lipinski definition) is 7. The Labute approximate surface area is 290 Å². The van der Waals surface area contributed by atoms with Crippen molar-refractivity contribution in [2.45, 2.75) is 123 Å². The van der Waals surface area contributed by atoms with Crippen LogP contribution >= 0.6 is 0 Å². The molecule has 12 heteroatoms. The fourth-order valence-corrected chi connectivity index (χ4v) is 6.40. The predicted molar refractivity (Wildman–Crippen MR) is 186 cm³/mol. The molecule has 1 aliphatic carbocycles. The first-order valence-corrected chi connectivity index (χ1v) is 17.7. The van der Waals surface area contributed by atoms with Gasteiger partial charge in [0.05, 0.1) is 30.5 Å². The van der Waals surface area contributed by atoms with Crippen LogP contribution < -0.4 is 16.0 Å². The van der Waals surface area contributed by atoms with Crippen molar-refractivity contribution in [2.24, 2.45) is 23.2 Å². The summed E-state index contributed by atoms with van der Waals surface area (Å²) >= 11 is 0. The number of aliphatic hydroxyl groups is 1. The molecule has 1 saturated carbocycles. The molecule has 272 valence electrons. The minimum atomic E-state index is -1.35. The standard InChI is InChI=1S/C37H57N5O7/c1-24(2)27(16-17-49-35(46)37(3,4)5)20-32(43)29(18-25-12-8-6-9-13-25)40-34(45)31(21-28-22-38-23-39-28)41-33(44)30(42-36(47)48)19-26-14-10-7-11-15-26/h7,10-11,14-15,22-25,27,29-32,42-43H,6,8-9,12-13,16-21H2,1-5H3,(H,38,39)(H,40,45)(H,41,44)(H,47,48)/t27-,29-,30-,31+,32+/m0/s1. The van der Waals surface area contributed by atoms with E-state index < -0.39 is 47.6 Å². The molecule has 1 fully saturated rings. The number of esters is 1. The third-order valence-electron chi connectivity index (χ3n) is 9.43. The molecule has 1 aromatic carbocycles. The minimum absolute atomic E-state index is 0.0369. The van der Waals surface area contributed by atoms with Crippen molar-refractivity contribution < 1.29 is 34.1 Å². The SMILES string of the molecule is CC(C)[C@@H](CCOC(=O)C(C)(C)C)C[C@@H](O)[C@H](CC1CCCCC1)NC(=O)[C@@H](Cc1cnc[nH]1)NC(=O)[C@H](Cc1ccccc1)NC(=O)O. The van der Waals surface area contributed by atoms with E-state index in [1.54, 1.807) is 30.5 Å². The Balaban J connectivity index is 1.79. The van der Waals surface area contributed by atoms with E-state index in [1.807, 2.05) is 26.8 Å². The zero-order valence-corrected chi connectivity index (χ0v) is 29.7. The number of H-pyrrole nitrogens is 1. The number of ether oxygens (including phenoxy) is 1. The van der Waals surface area contributed by atoms with Crippen LogP contribution in [0.3, 0.4) is 0 Å². The topological polar surface area (TPSA) is 183 Å². The van der Waals surface area contributed by atoms with Crippen molar-refractivity contribution in [1.29, 1.82) is 0 Å². The summed E-state index contributed by atoms with van der Waals surface area (Å²) in [7, 11) is 0. The van der Waals surface area contributed by atoms with Crippen molar-refractivity contribution in [3.8, 4) is 0 Å². The zero-order chi connectivity index (χ0) is 36.0. The highest BCUT2D eigenvalue weighted by Crippen LogP contribution is 2.30. The van der Waals surface area contributed by atoms with Crippen LogP contribution in [-0.2, 0) is 32.0 Å². The highest BCUT2D eigenvalue weighted by Gasteiger charge is 2.33. The van der Waals surface area contributed by atoms with Crippen LogP contribution in [0.2, 0.25) is 0 Å². The third-order valence-corrected chi connectivity index (χ3v) is 9.43. The summed E-state index contributed by atoms with van der Waals surface area (Å²) in [6.07, 6.45) is 8.01. The van der Waals surface area contributed by atoms with E-state index in [0.29, 0.717) is 30.9 Å². The van der Waals surface area contributed by atoms with E-state index in [2.05, 4.69) is 39.8 Å². The van der Waals surface area contributed by atoms with Gasteiger partial charge in [0, 0.05) is 24.7 Å². The first-order valence-electron chi connectivity index (χ1n) is 17.7. The van der Waals surface area contributed by atoms with Crippen LogP contribution in [0.4, 0.5) is 4.79 Å². The summed E-state index contributed by atoms with van der Waals surface area (Å²) in [5, 5.41) is 29.4. The monoisotopic (exact) mass is 683 g/mol. The van der Waals surface area contributed by atoms with Crippen LogP contribution in [0.25, 0.3) is 0 Å². The molecule has 0 bridgehead atoms. The van der Waals surface area contributed by atoms with Gasteiger partial charge in [-0.1, -0.05) is 76.3 Å². The Morgan fingerprint density at radius 2 is 1.61 bits per heavy atom. The maximum absolute atomic E-state index is 14.1. The number of aliphatic hydroxyl groups excluding tert-OH is 1. The number of carbonyl (C=O) groups excluding carboxylic acids is 3. The number of carboxylic acid groups (broad SMARTS) is 1. The van der Waals surface area contributed by atoms with Gasteiger partial charge in [-0.15, -0.1) is 0 Å². The fraction of sp³-hybridized carbons (Fsp3) is 0.649. The van der Waals surface area contributed by atoms with E-state index in [4.69, 9.17) is 4.74 Å². The van der Waals surface area contributed by atoms with E-state index in [-0.39, 0.29) is 37.3 Å². The van der Waals surface area contributed by atoms with Crippen LogP contribution in [-0.4, -0.2) is 74.9 Å². The lowest BCUT2D eigenvalue weighted by Crippen LogP contribution is -2.57. The van der Waals surface area contributed by atoms with Gasteiger partial charge in [0.15, 0.2) is 0 Å². The Hall–Kier alpha value is -3.93. The largest absolute Gasteiger partial charge is 0.465 e. The molecule has 12 nitrogen and oxygen atoms in total. The first kappa shape index (κ1) is 39.5. The van der Waals surface area contributed by atoms with E-state index in [9.17, 15) is 29.4 Å². The van der Waals surface area contributed by atoms with Crippen molar-refractivity contribution in [1.82, 2.24) is 25.9 Å². The second kappa shape index (κ2) is 19.3. The van der Waals surface area contributed by atoms with Gasteiger partial charge >= 0.3 is 12.1 Å². The molecular weight excluding hydrogens is 626 g/mol. The number of nitrogens with one attached hydrogen (secondary N) is 4. The smallest absolute Gasteiger partial charge is 0.405 e. The Morgan fingerprint density at radius 1 is 0.959 bits per heavy atom. The molecule has 49 heavy (non-hydrogen) atoms. The number of aromatic amines is 1. The molecular formula is C37H57N5O7. The van der Waals surface area contributed by atoms with Crippen molar-refractivity contribution in [2.75, 3.05) is 6.61 Å². The van der Waals surface area contributed by atoms with Crippen LogP contribution in [0.1, 0.15) is 97.2 Å². The summed E-state index contributed by atoms with van der Waals surface area (Å²) in [4.78, 5) is 58.6. The lowest BCUT2D eigenvalue weighted by molar-refractivity contribution is -0.153. The Kier molecular flexibility index (Phi) is 15.6. The van der Waals surface area contributed by atoms with Crippen LogP contribution in [0.5, 0.6) is 0 Å². The van der Waals surface area contributed by atoms with Gasteiger partial charge in [-0.25, -0.2) is 9.78 Å². The molecule has 0 saturated heterocycles. The molecule has 3 rings (SSSR count). The minimum Gasteiger partial charge on any atom is -0.465 e. The molecule has 0 unspecified atom stereocenters. The van der Waals surface area contributed by atoms with Crippen LogP contribution in [0, 0.1) is 23.2 Å². The summed E-state index contributed by atoms with van der Waals surface area (Å²) in [5.41, 5.74) is 0.769. The summed E-state index contributed by atoms with van der Waals surface area (Å²) in [6.45, 7) is 9.83. The van der Waals surface area contributed by atoms with Crippen molar-refractivity contribution in [3.05, 3.63) is 54.1 Å². The summed E-state index contributed by atoms with van der Waals surface area (Å²) in [5.74, 6) is -0.807. The summed E-state index contributed by atoms with van der Waals surface area (Å²) < 4.78 is 5.53. The molecule has 3 amide bonds. The quantitative estimate of drug-likeness (QED) is 0.121. The predicted octanol–water partition coefficient (Wildman–Crippen LogP) is 4.77. The van der Waals surface area contributed by atoms with Gasteiger partial charge in [-0.05, 0) is 63.4 Å². The Morgan fingerprint density at radius 3 is 2.20 bits per heavy atom. The molecule has 1 heterocycles. The zero-order valence-electron chi connectivity index (χ0n) is 29.7. The van der Waals surface area contributed by atoms with Crippen molar-refractivity contribution in [3.63, 3.8) is 0 Å². The van der Waals surface area contributed by atoms with Gasteiger partial charge in [0.2, 0.25) is 11.8 Å². The van der Waals surface area contributed by atoms with Gasteiger partial charge in [-0.3, -0.25) is 14.4 Å². The molecule has 1 aromatic heterocycles. The third kappa shape index (κ3) is 13.8. The lowest BCUT2D eigenvalue weighted by atomic mass is 9.80. The number of rotatable bonds is 18. The van der Waals surface area contributed by atoms with Gasteiger partial charge in [0.1, 0.15) is 12.1 Å². The van der Waals surface area contributed by atoms with Gasteiger partial charge < -0.3 is 35.9 Å². The van der Waals surface area contributed by atoms with Gasteiger partial charge in [-0.2, -0.15) is 0 Å². The first-order chi connectivity index (χ1) is 23.2. The molecule has 0 aliphatic heterocycles. The average Bonchev–Trinajstić information content (AvgIpc) is 3.56. The molecule has 2 aromatic rings. The van der Waals surface area contributed by atoms with Gasteiger partial charge in [0.25, 0.3) is 0 Å². The summed E-state index contributed by atoms with van der Waals surface area (Å²) in [6, 6.07) is 6.26. The number of imidazole rings is 1. The van der Waals surface area contributed by atoms with E-state index in [0.717, 1.165) is 31.2 Å². The molecule has 0 spiro atoms. The normalized spacial score (nSPS) is 17.0. The number of nitrogens with zero attached hydrogens (tertiary/aromatic N) is 1. The van der Waals surface area contributed by atoms with E-state index in [1.165, 1.54) is 12.7 Å². The van der Waals surface area contributed by atoms with Crippen LogP contribution in [0.15, 0.2) is 42.9 Å². The van der Waals surface area contributed by atoms with E-state index >= 15 is 0 Å². The number of amides is 3. The Bertz CT molecular complexity index is 1310. The highest BCUT2D eigenvalue weighted by atomic mass is 16.5. The average molecular weight is 684 g/mol. The molecule has 0 radical (unpaired) electrons. The second-order valence-electron chi connectivity index (χ2n) is 14.9. The molecule has 6 N–H and O–H groups in total. The number of aromatic nitrogens is 2. The number of hydrogen-bond donors (Lipinski definition) is 6. The lowest BCUT2D eigenvalue weighted by Gasteiger charge is -2.34.